The lowest BCUT2D eigenvalue weighted by atomic mass is 10.2. The van der Waals surface area contributed by atoms with Crippen LogP contribution in [0.25, 0.3) is 0 Å². The Balaban J connectivity index is 2.12. The monoisotopic (exact) mass is 261 g/mol. The van der Waals surface area contributed by atoms with Crippen LogP contribution in [0.4, 0.5) is 5.69 Å². The summed E-state index contributed by atoms with van der Waals surface area (Å²) in [6.07, 6.45) is 0. The number of rotatable bonds is 3. The molecule has 0 aliphatic rings. The highest BCUT2D eigenvalue weighted by atomic mass is 35.5. The molecule has 0 aliphatic heterocycles. The topological polar surface area (TPSA) is 61.9 Å². The number of nitrogens with one attached hydrogen (secondary N) is 1. The molecule has 0 aliphatic carbocycles. The molecule has 4 nitrogen and oxygen atoms in total. The predicted molar refractivity (Wildman–Crippen MR) is 69.5 cm³/mol. The van der Waals surface area contributed by atoms with E-state index in [1.54, 1.807) is 12.1 Å². The number of anilines is 1. The van der Waals surface area contributed by atoms with E-state index in [-0.39, 0.29) is 0 Å². The predicted octanol–water partition coefficient (Wildman–Crippen LogP) is 3.43. The summed E-state index contributed by atoms with van der Waals surface area (Å²) in [6, 6.07) is 7.27. The molecule has 0 saturated heterocycles. The normalized spacial score (nSPS) is 10.1. The van der Waals surface area contributed by atoms with E-state index in [1.807, 2.05) is 26.0 Å². The van der Waals surface area contributed by atoms with Gasteiger partial charge in [0.25, 0.3) is 0 Å². The average Bonchev–Trinajstić information content (AvgIpc) is 2.67. The highest BCUT2D eigenvalue weighted by molar-refractivity contribution is 6.32. The largest absolute Gasteiger partial charge is 0.381 e. The van der Waals surface area contributed by atoms with Gasteiger partial charge in [0.2, 0.25) is 0 Å². The van der Waals surface area contributed by atoms with Crippen molar-refractivity contribution in [2.45, 2.75) is 20.4 Å². The van der Waals surface area contributed by atoms with Gasteiger partial charge >= 0.3 is 0 Å². The molecule has 18 heavy (non-hydrogen) atoms. The van der Waals surface area contributed by atoms with E-state index in [0.717, 1.165) is 22.7 Å². The van der Waals surface area contributed by atoms with Crippen LogP contribution in [0.2, 0.25) is 5.02 Å². The molecule has 92 valence electrons. The number of aromatic nitrogens is 1. The van der Waals surface area contributed by atoms with Gasteiger partial charge in [-0.15, -0.1) is 0 Å². The van der Waals surface area contributed by atoms with Crippen molar-refractivity contribution in [1.29, 1.82) is 5.26 Å². The molecule has 0 saturated carbocycles. The third-order valence-electron chi connectivity index (χ3n) is 2.74. The number of nitrogens with zero attached hydrogens (tertiary/aromatic N) is 2. The Morgan fingerprint density at radius 1 is 1.44 bits per heavy atom. The third-order valence-corrected chi connectivity index (χ3v) is 3.05. The molecule has 0 unspecified atom stereocenters. The van der Waals surface area contributed by atoms with Crippen molar-refractivity contribution in [3.8, 4) is 6.07 Å². The van der Waals surface area contributed by atoms with E-state index in [0.29, 0.717) is 17.1 Å². The van der Waals surface area contributed by atoms with Gasteiger partial charge in [0, 0.05) is 17.8 Å². The summed E-state index contributed by atoms with van der Waals surface area (Å²) in [5.41, 5.74) is 3.24. The van der Waals surface area contributed by atoms with E-state index in [2.05, 4.69) is 10.5 Å². The van der Waals surface area contributed by atoms with E-state index < -0.39 is 0 Å². The zero-order valence-electron chi connectivity index (χ0n) is 10.1. The molecule has 1 aromatic carbocycles. The lowest BCUT2D eigenvalue weighted by molar-refractivity contribution is 0.392. The molecule has 1 N–H and O–H groups in total. The van der Waals surface area contributed by atoms with E-state index in [9.17, 15) is 0 Å². The van der Waals surface area contributed by atoms with Gasteiger partial charge in [-0.25, -0.2) is 0 Å². The summed E-state index contributed by atoms with van der Waals surface area (Å²) >= 11 is 5.96. The first kappa shape index (κ1) is 12.5. The lowest BCUT2D eigenvalue weighted by Gasteiger charge is -2.06. The summed E-state index contributed by atoms with van der Waals surface area (Å²) in [5, 5.41) is 16.3. The summed E-state index contributed by atoms with van der Waals surface area (Å²) in [4.78, 5) is 0. The molecule has 0 atom stereocenters. The molecule has 1 aromatic heterocycles. The van der Waals surface area contributed by atoms with Crippen LogP contribution < -0.4 is 5.32 Å². The summed E-state index contributed by atoms with van der Waals surface area (Å²) < 4.78 is 5.08. The highest BCUT2D eigenvalue weighted by Gasteiger charge is 2.08. The molecule has 1 heterocycles. The van der Waals surface area contributed by atoms with Gasteiger partial charge in [-0.05, 0) is 32.0 Å². The summed E-state index contributed by atoms with van der Waals surface area (Å²) in [7, 11) is 0. The standard InChI is InChI=1S/C13H12ClN3O/c1-8-12(9(2)18-17-8)7-16-11-4-3-10(6-15)13(14)5-11/h3-5,16H,7H2,1-2H3. The van der Waals surface area contributed by atoms with Crippen molar-refractivity contribution < 1.29 is 4.52 Å². The number of hydrogen-bond donors (Lipinski definition) is 1. The fraction of sp³-hybridized carbons (Fsp3) is 0.231. The van der Waals surface area contributed by atoms with Gasteiger partial charge in [-0.1, -0.05) is 16.8 Å². The number of aryl methyl sites for hydroxylation is 2. The van der Waals surface area contributed by atoms with Crippen molar-refractivity contribution in [3.63, 3.8) is 0 Å². The molecule has 2 aromatic rings. The van der Waals surface area contributed by atoms with Gasteiger partial charge in [0.05, 0.1) is 16.3 Å². The fourth-order valence-electron chi connectivity index (χ4n) is 1.66. The Labute approximate surface area is 110 Å². The Morgan fingerprint density at radius 3 is 2.78 bits per heavy atom. The first-order chi connectivity index (χ1) is 8.61. The zero-order valence-corrected chi connectivity index (χ0v) is 10.9. The second-order valence-corrected chi connectivity index (χ2v) is 4.37. The van der Waals surface area contributed by atoms with Crippen molar-refractivity contribution >= 4 is 17.3 Å². The van der Waals surface area contributed by atoms with Crippen molar-refractivity contribution in [3.05, 3.63) is 45.8 Å². The second kappa shape index (κ2) is 5.11. The molecular formula is C13H12ClN3O. The van der Waals surface area contributed by atoms with Gasteiger partial charge in [-0.3, -0.25) is 0 Å². The molecule has 5 heteroatoms. The van der Waals surface area contributed by atoms with Crippen LogP contribution in [0.3, 0.4) is 0 Å². The van der Waals surface area contributed by atoms with Gasteiger partial charge in [0.1, 0.15) is 11.8 Å². The lowest BCUT2D eigenvalue weighted by Crippen LogP contribution is -2.01. The molecule has 0 amide bonds. The van der Waals surface area contributed by atoms with Gasteiger partial charge in [-0.2, -0.15) is 5.26 Å². The number of benzene rings is 1. The first-order valence-electron chi connectivity index (χ1n) is 5.47. The fourth-order valence-corrected chi connectivity index (χ4v) is 1.88. The quantitative estimate of drug-likeness (QED) is 0.919. The van der Waals surface area contributed by atoms with E-state index in [1.165, 1.54) is 0 Å². The minimum absolute atomic E-state index is 0.446. The number of hydrogen-bond acceptors (Lipinski definition) is 4. The average molecular weight is 262 g/mol. The van der Waals surface area contributed by atoms with Crippen molar-refractivity contribution in [1.82, 2.24) is 5.16 Å². The van der Waals surface area contributed by atoms with Crippen LogP contribution in [0, 0.1) is 25.2 Å². The zero-order chi connectivity index (χ0) is 13.1. The van der Waals surface area contributed by atoms with Crippen LogP contribution in [-0.2, 0) is 6.54 Å². The second-order valence-electron chi connectivity index (χ2n) is 3.96. The minimum atomic E-state index is 0.446. The number of halogens is 1. The maximum Gasteiger partial charge on any atom is 0.138 e. The number of nitriles is 1. The Hall–Kier alpha value is -1.99. The van der Waals surface area contributed by atoms with Crippen LogP contribution in [0.15, 0.2) is 22.7 Å². The molecule has 0 bridgehead atoms. The minimum Gasteiger partial charge on any atom is -0.381 e. The maximum absolute atomic E-state index is 8.79. The Morgan fingerprint density at radius 2 is 2.22 bits per heavy atom. The van der Waals surface area contributed by atoms with E-state index in [4.69, 9.17) is 21.4 Å². The van der Waals surface area contributed by atoms with Gasteiger partial charge in [0.15, 0.2) is 0 Å². The van der Waals surface area contributed by atoms with Crippen LogP contribution in [0.5, 0.6) is 0 Å². The molecule has 2 rings (SSSR count). The molecule has 0 fully saturated rings. The first-order valence-corrected chi connectivity index (χ1v) is 5.85. The Kier molecular flexibility index (Phi) is 3.54. The van der Waals surface area contributed by atoms with Crippen LogP contribution in [-0.4, -0.2) is 5.16 Å². The smallest absolute Gasteiger partial charge is 0.138 e. The maximum atomic E-state index is 8.79. The SMILES string of the molecule is Cc1noc(C)c1CNc1ccc(C#N)c(Cl)c1. The highest BCUT2D eigenvalue weighted by Crippen LogP contribution is 2.21. The molecular weight excluding hydrogens is 250 g/mol. The summed E-state index contributed by atoms with van der Waals surface area (Å²) in [5.74, 6) is 0.805. The Bertz CT molecular complexity index is 594. The van der Waals surface area contributed by atoms with Crippen molar-refractivity contribution in [2.24, 2.45) is 0 Å². The van der Waals surface area contributed by atoms with Gasteiger partial charge < -0.3 is 9.84 Å². The van der Waals surface area contributed by atoms with Crippen LogP contribution in [0.1, 0.15) is 22.6 Å². The van der Waals surface area contributed by atoms with Crippen molar-refractivity contribution in [2.75, 3.05) is 5.32 Å². The van der Waals surface area contributed by atoms with E-state index >= 15 is 0 Å². The molecule has 0 spiro atoms. The van der Waals surface area contributed by atoms with Crippen LogP contribution >= 0.6 is 11.6 Å². The molecule has 0 radical (unpaired) electrons. The summed E-state index contributed by atoms with van der Waals surface area (Å²) in [6.45, 7) is 4.39. The third kappa shape index (κ3) is 2.47.